The van der Waals surface area contributed by atoms with Crippen LogP contribution in [0.2, 0.25) is 0 Å². The maximum absolute atomic E-state index is 12.6. The number of pyridine rings is 3. The Labute approximate surface area is 605 Å². The van der Waals surface area contributed by atoms with Gasteiger partial charge < -0.3 is 75.0 Å². The van der Waals surface area contributed by atoms with Crippen LogP contribution < -0.4 is 60.4 Å². The van der Waals surface area contributed by atoms with Crippen LogP contribution in [0.5, 0.6) is 17.2 Å². The number of rotatable bonds is 32. The predicted octanol–water partition coefficient (Wildman–Crippen LogP) is 12.8. The van der Waals surface area contributed by atoms with Crippen molar-refractivity contribution < 1.29 is 57.6 Å². The SMILES string of the molecule is CCOC(=O)CC(Nc1ccc2c(c1)OCC(=O)N2CCCN(C)c1ccccn1)c1ccccc1.CCOC(=O)CC(Nc1ccc2c(c1)OCC(=O)N2CCCNc1ccccn1)c1ccccc1.O=C(O)CC(Nc1ccc2c(c1)OCC(=O)N2CCCNc1ccccn1)c1ccccc1. The van der Waals surface area contributed by atoms with Crippen LogP contribution in [0.3, 0.4) is 0 Å². The van der Waals surface area contributed by atoms with E-state index in [4.69, 9.17) is 23.7 Å². The van der Waals surface area contributed by atoms with Crippen LogP contribution in [0.25, 0.3) is 0 Å². The molecule has 0 bridgehead atoms. The summed E-state index contributed by atoms with van der Waals surface area (Å²) in [4.78, 5) is 93.7. The minimum Gasteiger partial charge on any atom is -0.481 e. The summed E-state index contributed by atoms with van der Waals surface area (Å²) in [7, 11) is 1.99. The number of hydrogen-bond acceptors (Lipinski definition) is 20. The smallest absolute Gasteiger partial charge is 0.308 e. The lowest BCUT2D eigenvalue weighted by atomic mass is 10.0. The van der Waals surface area contributed by atoms with Gasteiger partial charge in [0.1, 0.15) is 34.7 Å². The van der Waals surface area contributed by atoms with E-state index >= 15 is 0 Å². The Kier molecular flexibility index (Phi) is 27.6. The monoisotopic (exact) mass is 1410 g/mol. The second kappa shape index (κ2) is 38.6. The number of hydrogen-bond donors (Lipinski definition) is 6. The molecule has 24 nitrogen and oxygen atoms in total. The molecule has 0 radical (unpaired) electrons. The summed E-state index contributed by atoms with van der Waals surface area (Å²) in [5.74, 6) is 2.75. The van der Waals surface area contributed by atoms with Crippen molar-refractivity contribution in [3.8, 4) is 17.2 Å². The number of aromatic nitrogens is 3. The van der Waals surface area contributed by atoms with Crippen LogP contribution >= 0.6 is 0 Å². The number of esters is 2. The normalized spacial score (nSPS) is 13.5. The van der Waals surface area contributed by atoms with Crippen molar-refractivity contribution >= 4 is 87.2 Å². The highest BCUT2D eigenvalue weighted by atomic mass is 16.5. The van der Waals surface area contributed by atoms with E-state index < -0.39 is 5.97 Å². The first-order chi connectivity index (χ1) is 50.8. The molecular formula is C80H88N12O12. The molecule has 0 aliphatic carbocycles. The molecule has 0 spiro atoms. The fourth-order valence-corrected chi connectivity index (χ4v) is 12.0. The summed E-state index contributed by atoms with van der Waals surface area (Å²) in [6.07, 6.45) is 7.87. The highest BCUT2D eigenvalue weighted by molar-refractivity contribution is 6.00. The third-order valence-electron chi connectivity index (χ3n) is 17.0. The molecule has 3 amide bonds. The number of carbonyl (C=O) groups excluding carboxylic acids is 5. The molecule has 9 aromatic rings. The van der Waals surface area contributed by atoms with Gasteiger partial charge in [0.05, 0.1) is 67.7 Å². The quantitative estimate of drug-likeness (QED) is 0.0169. The first-order valence-electron chi connectivity index (χ1n) is 34.9. The third kappa shape index (κ3) is 21.9. The summed E-state index contributed by atoms with van der Waals surface area (Å²) in [5.41, 5.74) is 7.39. The van der Waals surface area contributed by atoms with Crippen molar-refractivity contribution in [1.29, 1.82) is 0 Å². The van der Waals surface area contributed by atoms with Crippen molar-refractivity contribution in [2.45, 2.75) is 70.5 Å². The van der Waals surface area contributed by atoms with Gasteiger partial charge in [0, 0.05) is 100 Å². The number of carbonyl (C=O) groups is 6. The Morgan fingerprint density at radius 3 is 1.16 bits per heavy atom. The molecule has 0 fully saturated rings. The summed E-state index contributed by atoms with van der Waals surface area (Å²) < 4.78 is 27.5. The molecule has 540 valence electrons. The largest absolute Gasteiger partial charge is 0.481 e. The number of nitrogens with one attached hydrogen (secondary N) is 5. The first kappa shape index (κ1) is 74.5. The van der Waals surface area contributed by atoms with E-state index in [0.29, 0.717) is 68.9 Å². The molecule has 0 saturated carbocycles. The molecule has 12 rings (SSSR count). The predicted molar refractivity (Wildman–Crippen MR) is 403 cm³/mol. The molecule has 24 heteroatoms. The van der Waals surface area contributed by atoms with E-state index in [9.17, 15) is 33.9 Å². The minimum absolute atomic E-state index is 0.00251. The average molecular weight is 1410 g/mol. The summed E-state index contributed by atoms with van der Waals surface area (Å²) in [6, 6.07) is 62.2. The Balaban J connectivity index is 0.000000168. The van der Waals surface area contributed by atoms with E-state index in [0.717, 1.165) is 88.4 Å². The number of anilines is 9. The zero-order valence-electron chi connectivity index (χ0n) is 58.6. The molecule has 3 aliphatic rings. The standard InChI is InChI=1S/C28H32N4O4.C27H30N4O4.C25H26N4O4/c1-3-35-28(34)19-23(21-10-5-4-6-11-21)30-22-13-14-24-25(18-22)36-20-27(33)32(24)17-9-16-31(2)26-12-7-8-15-29-26;1-2-34-27(33)18-22(20-9-4-3-5-10-20)30-21-12-13-23-24(17-21)35-19-26(32)31(23)16-8-15-29-25-11-6-7-14-28-25;30-24-17-33-22-15-19(28-20(16-25(31)32)18-7-2-1-3-8-18)10-11-21(22)29(24)14-6-13-27-23-9-4-5-12-26-23/h4-8,10-15,18,23,30H,3,9,16-17,19-20H2,1-2H3;3-7,9-14,17,22,30H,2,8,15-16,18-19H2,1H3,(H,28,29);1-5,7-12,15,20,28H,6,13-14,16-17H2,(H,26,27)(H,31,32). The van der Waals surface area contributed by atoms with Gasteiger partial charge in [-0.15, -0.1) is 0 Å². The molecule has 6 heterocycles. The zero-order chi connectivity index (χ0) is 72.8. The molecule has 3 unspecified atom stereocenters. The second-order valence-corrected chi connectivity index (χ2v) is 24.4. The van der Waals surface area contributed by atoms with Gasteiger partial charge in [-0.1, -0.05) is 109 Å². The third-order valence-corrected chi connectivity index (χ3v) is 17.0. The summed E-state index contributed by atoms with van der Waals surface area (Å²) in [6.45, 7) is 8.09. The van der Waals surface area contributed by atoms with Crippen LogP contribution in [0.1, 0.15) is 87.2 Å². The second-order valence-electron chi connectivity index (χ2n) is 24.4. The number of amides is 3. The van der Waals surface area contributed by atoms with Gasteiger partial charge in [0.15, 0.2) is 19.8 Å². The molecular weight excluding hydrogens is 1320 g/mol. The summed E-state index contributed by atoms with van der Waals surface area (Å²) >= 11 is 0. The van der Waals surface area contributed by atoms with Gasteiger partial charge in [-0.05, 0) is 123 Å². The van der Waals surface area contributed by atoms with E-state index in [-0.39, 0.29) is 86.9 Å². The van der Waals surface area contributed by atoms with Crippen molar-refractivity contribution in [3.63, 3.8) is 0 Å². The molecule has 6 aromatic carbocycles. The Bertz CT molecular complexity index is 4230. The molecule has 0 saturated heterocycles. The van der Waals surface area contributed by atoms with E-state index in [1.54, 1.807) is 47.1 Å². The van der Waals surface area contributed by atoms with Gasteiger partial charge in [-0.25, -0.2) is 15.0 Å². The lowest BCUT2D eigenvalue weighted by molar-refractivity contribution is -0.144. The van der Waals surface area contributed by atoms with Gasteiger partial charge >= 0.3 is 17.9 Å². The maximum Gasteiger partial charge on any atom is 0.308 e. The van der Waals surface area contributed by atoms with Gasteiger partial charge in [-0.3, -0.25) is 28.8 Å². The lowest BCUT2D eigenvalue weighted by Crippen LogP contribution is -2.40. The van der Waals surface area contributed by atoms with Gasteiger partial charge in [0.25, 0.3) is 17.7 Å². The van der Waals surface area contributed by atoms with Crippen molar-refractivity contribution in [3.05, 3.63) is 235 Å². The van der Waals surface area contributed by atoms with E-state index in [2.05, 4.69) is 46.4 Å². The highest BCUT2D eigenvalue weighted by Crippen LogP contribution is 2.40. The van der Waals surface area contributed by atoms with Crippen LogP contribution in [-0.2, 0) is 38.2 Å². The van der Waals surface area contributed by atoms with Gasteiger partial charge in [-0.2, -0.15) is 0 Å². The maximum atomic E-state index is 12.6. The fraction of sp³-hybridized carbons (Fsp3) is 0.287. The van der Waals surface area contributed by atoms with Crippen LogP contribution in [0.15, 0.2) is 219 Å². The Morgan fingerprint density at radius 2 is 0.817 bits per heavy atom. The number of carboxylic acid groups (broad SMARTS) is 1. The molecule has 3 aromatic heterocycles. The Hall–Kier alpha value is -12.2. The lowest BCUT2D eigenvalue weighted by Gasteiger charge is -2.31. The molecule has 3 atom stereocenters. The van der Waals surface area contributed by atoms with Crippen LogP contribution in [-0.4, -0.2) is 135 Å². The Morgan fingerprint density at radius 1 is 0.462 bits per heavy atom. The number of nitrogens with zero attached hydrogens (tertiary/aromatic N) is 7. The van der Waals surface area contributed by atoms with E-state index in [1.165, 1.54) is 0 Å². The number of carboxylic acids is 1. The number of benzene rings is 6. The van der Waals surface area contributed by atoms with Crippen molar-refractivity contribution in [1.82, 2.24) is 15.0 Å². The van der Waals surface area contributed by atoms with Crippen molar-refractivity contribution in [2.75, 3.05) is 126 Å². The molecule has 104 heavy (non-hydrogen) atoms. The summed E-state index contributed by atoms with van der Waals surface area (Å²) in [5, 5.41) is 26.0. The molecule has 6 N–H and O–H groups in total. The van der Waals surface area contributed by atoms with Gasteiger partial charge in [0.2, 0.25) is 0 Å². The molecule has 3 aliphatic heterocycles. The highest BCUT2D eigenvalue weighted by Gasteiger charge is 2.30. The first-order valence-corrected chi connectivity index (χ1v) is 34.9. The number of ether oxygens (including phenoxy) is 5. The minimum atomic E-state index is -0.887. The van der Waals surface area contributed by atoms with E-state index in [1.807, 2.05) is 207 Å². The zero-order valence-corrected chi connectivity index (χ0v) is 58.6. The topological polar surface area (TPSA) is 281 Å². The van der Waals surface area contributed by atoms with Crippen molar-refractivity contribution in [2.24, 2.45) is 0 Å². The number of aliphatic carboxylic acids is 1. The fourth-order valence-electron chi connectivity index (χ4n) is 12.0. The van der Waals surface area contributed by atoms with Crippen LogP contribution in [0, 0.1) is 0 Å². The van der Waals surface area contributed by atoms with Crippen LogP contribution in [0.4, 0.5) is 51.6 Å². The average Bonchev–Trinajstić information content (AvgIpc) is 0.808. The number of fused-ring (bicyclic) bond motifs is 3.